The van der Waals surface area contributed by atoms with Crippen LogP contribution in [0, 0.1) is 12.3 Å². The van der Waals surface area contributed by atoms with Crippen molar-refractivity contribution in [1.29, 1.82) is 0 Å². The minimum absolute atomic E-state index is 0.0710. The van der Waals surface area contributed by atoms with Crippen molar-refractivity contribution in [2.45, 2.75) is 34.1 Å². The Bertz CT molecular complexity index is 1010. The fourth-order valence-corrected chi connectivity index (χ4v) is 3.56. The molecule has 142 valence electrons. The van der Waals surface area contributed by atoms with Crippen LogP contribution in [0.1, 0.15) is 32.8 Å². The molecular weight excluding hydrogens is 362 g/mol. The Morgan fingerprint density at radius 2 is 2.00 bits per heavy atom. The predicted molar refractivity (Wildman–Crippen MR) is 109 cm³/mol. The molecule has 0 aliphatic rings. The lowest BCUT2D eigenvalue weighted by atomic mass is 9.92. The molecule has 0 fully saturated rings. The first kappa shape index (κ1) is 19.1. The molecule has 27 heavy (non-hydrogen) atoms. The van der Waals surface area contributed by atoms with Crippen LogP contribution in [0.25, 0.3) is 22.3 Å². The summed E-state index contributed by atoms with van der Waals surface area (Å²) in [5, 5.41) is 16.2. The summed E-state index contributed by atoms with van der Waals surface area (Å²) in [7, 11) is 1.60. The average Bonchev–Trinajstić information content (AvgIpc) is 3.02. The molecule has 6 nitrogen and oxygen atoms in total. The summed E-state index contributed by atoms with van der Waals surface area (Å²) >= 11 is 1.33. The van der Waals surface area contributed by atoms with Gasteiger partial charge in [-0.2, -0.15) is 0 Å². The fourth-order valence-electron chi connectivity index (χ4n) is 2.84. The number of carbonyl (C=O) groups is 1. The van der Waals surface area contributed by atoms with Crippen LogP contribution in [0.2, 0.25) is 0 Å². The van der Waals surface area contributed by atoms with E-state index in [0.717, 1.165) is 5.56 Å². The zero-order chi connectivity index (χ0) is 19.8. The van der Waals surface area contributed by atoms with Gasteiger partial charge in [-0.25, -0.2) is 9.97 Å². The number of rotatable bonds is 4. The van der Waals surface area contributed by atoms with Gasteiger partial charge in [0.1, 0.15) is 17.2 Å². The summed E-state index contributed by atoms with van der Waals surface area (Å²) in [4.78, 5) is 21.2. The highest BCUT2D eigenvalue weighted by Gasteiger charge is 2.18. The van der Waals surface area contributed by atoms with E-state index >= 15 is 0 Å². The number of amides is 1. The molecule has 0 unspecified atom stereocenters. The van der Waals surface area contributed by atoms with E-state index in [-0.39, 0.29) is 17.1 Å². The van der Waals surface area contributed by atoms with Crippen molar-refractivity contribution >= 4 is 33.3 Å². The van der Waals surface area contributed by atoms with E-state index in [0.29, 0.717) is 39.6 Å². The number of hydrogen-bond acceptors (Lipinski definition) is 6. The monoisotopic (exact) mass is 385 g/mol. The number of hydrogen-bond donors (Lipinski definition) is 2. The van der Waals surface area contributed by atoms with Gasteiger partial charge in [-0.1, -0.05) is 20.8 Å². The second-order valence-corrected chi connectivity index (χ2v) is 8.50. The molecule has 1 amide bonds. The van der Waals surface area contributed by atoms with Gasteiger partial charge in [-0.15, -0.1) is 11.3 Å². The summed E-state index contributed by atoms with van der Waals surface area (Å²) in [6.07, 6.45) is 0.413. The summed E-state index contributed by atoms with van der Waals surface area (Å²) < 4.78 is 5.34. The van der Waals surface area contributed by atoms with Crippen molar-refractivity contribution in [3.63, 3.8) is 0 Å². The SMILES string of the molecule is COc1ccc2c(O)cc(-c3csc(NC(=O)CC(C)(C)C)n3)nc2c1C. The normalized spacial score (nSPS) is 11.6. The Morgan fingerprint density at radius 1 is 1.26 bits per heavy atom. The number of carbonyl (C=O) groups excluding carboxylic acids is 1. The number of aromatic nitrogens is 2. The first-order chi connectivity index (χ1) is 12.7. The Hall–Kier alpha value is -2.67. The molecule has 0 atom stereocenters. The maximum Gasteiger partial charge on any atom is 0.226 e. The van der Waals surface area contributed by atoms with E-state index in [1.807, 2.05) is 39.1 Å². The number of pyridine rings is 1. The van der Waals surface area contributed by atoms with Crippen molar-refractivity contribution in [2.24, 2.45) is 5.41 Å². The van der Waals surface area contributed by atoms with Crippen LogP contribution in [0.15, 0.2) is 23.6 Å². The van der Waals surface area contributed by atoms with Crippen LogP contribution in [0.4, 0.5) is 5.13 Å². The minimum Gasteiger partial charge on any atom is -0.507 e. The molecule has 2 N–H and O–H groups in total. The van der Waals surface area contributed by atoms with Crippen molar-refractivity contribution in [3.05, 3.63) is 29.1 Å². The highest BCUT2D eigenvalue weighted by Crippen LogP contribution is 2.35. The van der Waals surface area contributed by atoms with Crippen molar-refractivity contribution in [3.8, 4) is 22.9 Å². The molecule has 0 aliphatic carbocycles. The van der Waals surface area contributed by atoms with Crippen LogP contribution in [0.5, 0.6) is 11.5 Å². The molecule has 2 aromatic heterocycles. The summed E-state index contributed by atoms with van der Waals surface area (Å²) in [5.74, 6) is 0.769. The van der Waals surface area contributed by atoms with Crippen LogP contribution in [0.3, 0.4) is 0 Å². The maximum absolute atomic E-state index is 12.1. The number of benzene rings is 1. The number of aryl methyl sites for hydroxylation is 1. The van der Waals surface area contributed by atoms with Crippen LogP contribution >= 0.6 is 11.3 Å². The average molecular weight is 385 g/mol. The Morgan fingerprint density at radius 3 is 2.67 bits per heavy atom. The number of methoxy groups -OCH3 is 1. The Kier molecular flexibility index (Phi) is 5.06. The van der Waals surface area contributed by atoms with Crippen LogP contribution in [-0.4, -0.2) is 28.1 Å². The van der Waals surface area contributed by atoms with Gasteiger partial charge < -0.3 is 15.2 Å². The Labute approximate surface area is 162 Å². The standard InChI is InChI=1S/C20H23N3O3S/c1-11-16(26-5)7-6-12-15(24)8-13(21-18(11)12)14-10-27-19(22-14)23-17(25)9-20(2,3)4/h6-8,10H,9H2,1-5H3,(H,21,24)(H,22,23,25). The molecule has 2 heterocycles. The number of aromatic hydroxyl groups is 1. The first-order valence-corrected chi connectivity index (χ1v) is 9.49. The Balaban J connectivity index is 1.93. The van der Waals surface area contributed by atoms with Crippen molar-refractivity contribution in [2.75, 3.05) is 12.4 Å². The third kappa shape index (κ3) is 4.19. The molecule has 1 aromatic carbocycles. The van der Waals surface area contributed by atoms with E-state index in [1.54, 1.807) is 19.2 Å². The maximum atomic E-state index is 12.1. The topological polar surface area (TPSA) is 84.3 Å². The summed E-state index contributed by atoms with van der Waals surface area (Å²) in [6.45, 7) is 7.94. The molecule has 7 heteroatoms. The molecule has 0 bridgehead atoms. The number of nitrogens with one attached hydrogen (secondary N) is 1. The lowest BCUT2D eigenvalue weighted by Gasteiger charge is -2.16. The smallest absolute Gasteiger partial charge is 0.226 e. The summed E-state index contributed by atoms with van der Waals surface area (Å²) in [6, 6.07) is 5.18. The molecule has 3 aromatic rings. The van der Waals surface area contributed by atoms with Gasteiger partial charge >= 0.3 is 0 Å². The van der Waals surface area contributed by atoms with Gasteiger partial charge in [0.2, 0.25) is 5.91 Å². The molecule has 0 saturated heterocycles. The van der Waals surface area contributed by atoms with Crippen molar-refractivity contribution in [1.82, 2.24) is 9.97 Å². The van der Waals surface area contributed by atoms with Crippen LogP contribution < -0.4 is 10.1 Å². The molecular formula is C20H23N3O3S. The first-order valence-electron chi connectivity index (χ1n) is 8.61. The summed E-state index contributed by atoms with van der Waals surface area (Å²) in [5.41, 5.74) is 2.57. The van der Waals surface area contributed by atoms with Gasteiger partial charge in [0.15, 0.2) is 5.13 Å². The number of fused-ring (bicyclic) bond motifs is 1. The lowest BCUT2D eigenvalue weighted by molar-refractivity contribution is -0.117. The van der Waals surface area contributed by atoms with E-state index in [1.165, 1.54) is 11.3 Å². The second kappa shape index (κ2) is 7.15. The number of anilines is 1. The van der Waals surface area contributed by atoms with E-state index in [4.69, 9.17) is 4.74 Å². The predicted octanol–water partition coefficient (Wildman–Crippen LogP) is 4.76. The van der Waals surface area contributed by atoms with E-state index < -0.39 is 0 Å². The largest absolute Gasteiger partial charge is 0.507 e. The van der Waals surface area contributed by atoms with Crippen molar-refractivity contribution < 1.29 is 14.6 Å². The molecule has 0 saturated carbocycles. The third-order valence-electron chi connectivity index (χ3n) is 4.09. The second-order valence-electron chi connectivity index (χ2n) is 7.64. The zero-order valence-corrected chi connectivity index (χ0v) is 16.9. The van der Waals surface area contributed by atoms with Gasteiger partial charge in [-0.3, -0.25) is 4.79 Å². The highest BCUT2D eigenvalue weighted by molar-refractivity contribution is 7.14. The number of nitrogens with zero attached hydrogens (tertiary/aromatic N) is 2. The minimum atomic E-state index is -0.0908. The zero-order valence-electron chi connectivity index (χ0n) is 16.1. The number of ether oxygens (including phenoxy) is 1. The molecule has 0 spiro atoms. The number of thiazole rings is 1. The van der Waals surface area contributed by atoms with Gasteiger partial charge in [0, 0.05) is 28.8 Å². The third-order valence-corrected chi connectivity index (χ3v) is 4.84. The van der Waals surface area contributed by atoms with Gasteiger partial charge in [0.05, 0.1) is 18.3 Å². The molecule has 3 rings (SSSR count). The highest BCUT2D eigenvalue weighted by atomic mass is 32.1. The van der Waals surface area contributed by atoms with E-state index in [2.05, 4.69) is 15.3 Å². The molecule has 0 radical (unpaired) electrons. The quantitative estimate of drug-likeness (QED) is 0.677. The van der Waals surface area contributed by atoms with Crippen LogP contribution in [-0.2, 0) is 4.79 Å². The molecule has 0 aliphatic heterocycles. The lowest BCUT2D eigenvalue weighted by Crippen LogP contribution is -2.19. The van der Waals surface area contributed by atoms with Gasteiger partial charge in [-0.05, 0) is 24.5 Å². The van der Waals surface area contributed by atoms with E-state index in [9.17, 15) is 9.90 Å². The van der Waals surface area contributed by atoms with Gasteiger partial charge in [0.25, 0.3) is 0 Å². The fraction of sp³-hybridized carbons (Fsp3) is 0.350.